The number of benzene rings is 1. The molecule has 1 aromatic heterocycles. The van der Waals surface area contributed by atoms with E-state index >= 15 is 0 Å². The van der Waals surface area contributed by atoms with Gasteiger partial charge in [0.05, 0.1) is 13.5 Å². The summed E-state index contributed by atoms with van der Waals surface area (Å²) in [7, 11) is 1.31. The van der Waals surface area contributed by atoms with Crippen LogP contribution in [0, 0.1) is 0 Å². The molecule has 0 aliphatic rings. The van der Waals surface area contributed by atoms with Crippen LogP contribution in [0.5, 0.6) is 0 Å². The molecule has 0 spiro atoms. The molecule has 2 N–H and O–H groups in total. The van der Waals surface area contributed by atoms with Crippen LogP contribution in [-0.2, 0) is 9.53 Å². The first kappa shape index (κ1) is 13.7. The van der Waals surface area contributed by atoms with Crippen molar-refractivity contribution >= 4 is 11.9 Å². The number of esters is 1. The third kappa shape index (κ3) is 3.37. The van der Waals surface area contributed by atoms with Crippen LogP contribution in [0.4, 0.5) is 0 Å². The van der Waals surface area contributed by atoms with E-state index in [0.717, 1.165) is 5.56 Å². The number of amides is 1. The highest BCUT2D eigenvalue weighted by atomic mass is 16.5. The van der Waals surface area contributed by atoms with Gasteiger partial charge in [0.15, 0.2) is 0 Å². The zero-order chi connectivity index (χ0) is 14.4. The summed E-state index contributed by atoms with van der Waals surface area (Å²) in [4.78, 5) is 22.7. The average molecular weight is 275 g/mol. The van der Waals surface area contributed by atoms with Crippen molar-refractivity contribution in [2.24, 2.45) is 0 Å². The molecule has 0 aliphatic carbocycles. The van der Waals surface area contributed by atoms with Crippen molar-refractivity contribution in [2.75, 3.05) is 13.7 Å². The number of rotatable bonds is 5. The van der Waals surface area contributed by atoms with E-state index in [4.69, 9.17) is 0 Å². The average Bonchev–Trinajstić information content (AvgIpc) is 3.01. The van der Waals surface area contributed by atoms with Crippen molar-refractivity contribution in [1.29, 1.82) is 0 Å². The maximum absolute atomic E-state index is 11.8. The molecule has 20 heavy (non-hydrogen) atoms. The summed E-state index contributed by atoms with van der Waals surface area (Å²) in [5, 5.41) is 16.1. The Bertz CT molecular complexity index is 580. The van der Waals surface area contributed by atoms with Crippen LogP contribution < -0.4 is 5.32 Å². The van der Waals surface area contributed by atoms with Gasteiger partial charge in [0.1, 0.15) is 0 Å². The smallest absolute Gasteiger partial charge is 0.307 e. The van der Waals surface area contributed by atoms with Gasteiger partial charge < -0.3 is 10.1 Å². The van der Waals surface area contributed by atoms with Crippen LogP contribution >= 0.6 is 0 Å². The van der Waals surface area contributed by atoms with Gasteiger partial charge in [-0.3, -0.25) is 9.59 Å². The van der Waals surface area contributed by atoms with Crippen molar-refractivity contribution in [1.82, 2.24) is 25.9 Å². The summed E-state index contributed by atoms with van der Waals surface area (Å²) < 4.78 is 4.48. The Morgan fingerprint density at radius 3 is 2.65 bits per heavy atom. The van der Waals surface area contributed by atoms with E-state index in [2.05, 4.69) is 30.7 Å². The standard InChI is InChI=1S/C12H13N5O3/c1-20-10(18)6-7-13-12(19)9-4-2-8(3-5-9)11-14-16-17-15-11/h2-5H,6-7H2,1H3,(H,13,19)(H,14,15,16,17). The topological polar surface area (TPSA) is 110 Å². The van der Waals surface area contributed by atoms with E-state index in [1.54, 1.807) is 24.3 Å². The second kappa shape index (κ2) is 6.41. The number of aromatic amines is 1. The number of nitrogens with zero attached hydrogens (tertiary/aromatic N) is 3. The predicted molar refractivity (Wildman–Crippen MR) is 68.6 cm³/mol. The van der Waals surface area contributed by atoms with Gasteiger partial charge in [-0.25, -0.2) is 0 Å². The maximum Gasteiger partial charge on any atom is 0.307 e. The number of carbonyl (C=O) groups excluding carboxylic acids is 2. The number of ether oxygens (including phenoxy) is 1. The SMILES string of the molecule is COC(=O)CCNC(=O)c1ccc(-c2nn[nH]n2)cc1. The first-order chi connectivity index (χ1) is 9.70. The molecule has 104 valence electrons. The summed E-state index contributed by atoms with van der Waals surface area (Å²) in [6, 6.07) is 6.75. The minimum Gasteiger partial charge on any atom is -0.469 e. The maximum atomic E-state index is 11.8. The molecule has 0 fully saturated rings. The number of nitrogens with one attached hydrogen (secondary N) is 2. The van der Waals surface area contributed by atoms with Crippen LogP contribution in [0.1, 0.15) is 16.8 Å². The lowest BCUT2D eigenvalue weighted by Crippen LogP contribution is -2.26. The number of tetrazole rings is 1. The lowest BCUT2D eigenvalue weighted by atomic mass is 10.1. The normalized spacial score (nSPS) is 10.1. The van der Waals surface area contributed by atoms with Crippen molar-refractivity contribution in [2.45, 2.75) is 6.42 Å². The highest BCUT2D eigenvalue weighted by molar-refractivity contribution is 5.94. The summed E-state index contributed by atoms with van der Waals surface area (Å²) >= 11 is 0. The number of hydrogen-bond donors (Lipinski definition) is 2. The largest absolute Gasteiger partial charge is 0.469 e. The van der Waals surface area contributed by atoms with Crippen LogP contribution in [0.15, 0.2) is 24.3 Å². The molecule has 2 aromatic rings. The van der Waals surface area contributed by atoms with Crippen molar-refractivity contribution < 1.29 is 14.3 Å². The fourth-order valence-electron chi connectivity index (χ4n) is 1.54. The zero-order valence-corrected chi connectivity index (χ0v) is 10.8. The Labute approximate surface area is 114 Å². The Hall–Kier alpha value is -2.77. The molecular formula is C12H13N5O3. The van der Waals surface area contributed by atoms with Gasteiger partial charge in [0.25, 0.3) is 5.91 Å². The molecule has 0 saturated carbocycles. The fourth-order valence-corrected chi connectivity index (χ4v) is 1.54. The highest BCUT2D eigenvalue weighted by Gasteiger charge is 2.08. The summed E-state index contributed by atoms with van der Waals surface area (Å²) in [6.07, 6.45) is 0.142. The van der Waals surface area contributed by atoms with E-state index < -0.39 is 0 Å². The third-order valence-corrected chi connectivity index (χ3v) is 2.59. The molecular weight excluding hydrogens is 262 g/mol. The predicted octanol–water partition coefficient (Wildman–Crippen LogP) is 0.160. The van der Waals surface area contributed by atoms with E-state index in [0.29, 0.717) is 11.4 Å². The van der Waals surface area contributed by atoms with Crippen LogP contribution in [0.3, 0.4) is 0 Å². The molecule has 1 amide bonds. The second-order valence-electron chi connectivity index (χ2n) is 3.89. The fraction of sp³-hybridized carbons (Fsp3) is 0.250. The number of carbonyl (C=O) groups is 2. The van der Waals surface area contributed by atoms with Gasteiger partial charge in [-0.05, 0) is 17.3 Å². The van der Waals surface area contributed by atoms with Gasteiger partial charge in [-0.15, -0.1) is 10.2 Å². The summed E-state index contributed by atoms with van der Waals surface area (Å²) in [6.45, 7) is 0.234. The molecule has 1 aromatic carbocycles. The minimum absolute atomic E-state index is 0.142. The van der Waals surface area contributed by atoms with Crippen molar-refractivity contribution in [3.63, 3.8) is 0 Å². The number of aromatic nitrogens is 4. The Morgan fingerprint density at radius 1 is 1.30 bits per heavy atom. The lowest BCUT2D eigenvalue weighted by molar-refractivity contribution is -0.140. The van der Waals surface area contributed by atoms with Gasteiger partial charge in [0.2, 0.25) is 5.82 Å². The van der Waals surface area contributed by atoms with Gasteiger partial charge in [0, 0.05) is 17.7 Å². The van der Waals surface area contributed by atoms with Crippen LogP contribution in [0.25, 0.3) is 11.4 Å². The molecule has 8 nitrogen and oxygen atoms in total. The number of methoxy groups -OCH3 is 1. The summed E-state index contributed by atoms with van der Waals surface area (Å²) in [5.74, 6) is -0.158. The minimum atomic E-state index is -0.363. The molecule has 1 heterocycles. The Kier molecular flexibility index (Phi) is 4.38. The molecule has 0 radical (unpaired) electrons. The molecule has 0 aliphatic heterocycles. The third-order valence-electron chi connectivity index (χ3n) is 2.59. The van der Waals surface area contributed by atoms with Crippen LogP contribution in [-0.4, -0.2) is 46.2 Å². The van der Waals surface area contributed by atoms with Crippen molar-refractivity contribution in [3.8, 4) is 11.4 Å². The molecule has 8 heteroatoms. The molecule has 0 unspecified atom stereocenters. The Balaban J connectivity index is 1.92. The summed E-state index contributed by atoms with van der Waals surface area (Å²) in [5.41, 5.74) is 1.24. The van der Waals surface area contributed by atoms with Crippen LogP contribution in [0.2, 0.25) is 0 Å². The second-order valence-corrected chi connectivity index (χ2v) is 3.89. The van der Waals surface area contributed by atoms with E-state index in [1.807, 2.05) is 0 Å². The molecule has 2 rings (SSSR count). The Morgan fingerprint density at radius 2 is 2.05 bits per heavy atom. The highest BCUT2D eigenvalue weighted by Crippen LogP contribution is 2.13. The molecule has 0 saturated heterocycles. The van der Waals surface area contributed by atoms with E-state index in [9.17, 15) is 9.59 Å². The lowest BCUT2D eigenvalue weighted by Gasteiger charge is -2.04. The van der Waals surface area contributed by atoms with Crippen molar-refractivity contribution in [3.05, 3.63) is 29.8 Å². The number of H-pyrrole nitrogens is 1. The monoisotopic (exact) mass is 275 g/mol. The molecule has 0 atom stereocenters. The zero-order valence-electron chi connectivity index (χ0n) is 10.8. The quantitative estimate of drug-likeness (QED) is 0.752. The van der Waals surface area contributed by atoms with Gasteiger partial charge in [-0.2, -0.15) is 5.21 Å². The molecule has 0 bridgehead atoms. The first-order valence-electron chi connectivity index (χ1n) is 5.89. The van der Waals surface area contributed by atoms with E-state index in [1.165, 1.54) is 7.11 Å². The van der Waals surface area contributed by atoms with E-state index in [-0.39, 0.29) is 24.8 Å². The van der Waals surface area contributed by atoms with Gasteiger partial charge in [-0.1, -0.05) is 12.1 Å². The van der Waals surface area contributed by atoms with Gasteiger partial charge >= 0.3 is 5.97 Å². The first-order valence-corrected chi connectivity index (χ1v) is 5.89. The number of hydrogen-bond acceptors (Lipinski definition) is 6.